The first-order valence-corrected chi connectivity index (χ1v) is 7.77. The van der Waals surface area contributed by atoms with Gasteiger partial charge in [-0.3, -0.25) is 0 Å². The largest absolute Gasteiger partial charge is 0.486 e. The fourth-order valence-corrected chi connectivity index (χ4v) is 2.35. The van der Waals surface area contributed by atoms with Crippen LogP contribution >= 0.6 is 0 Å². The van der Waals surface area contributed by atoms with Crippen molar-refractivity contribution < 1.29 is 9.47 Å². The summed E-state index contributed by atoms with van der Waals surface area (Å²) in [6.45, 7) is 4.10. The van der Waals surface area contributed by atoms with Gasteiger partial charge in [0.15, 0.2) is 0 Å². The molecule has 0 heterocycles. The van der Waals surface area contributed by atoms with E-state index >= 15 is 0 Å². The van der Waals surface area contributed by atoms with E-state index in [0.29, 0.717) is 0 Å². The topological polar surface area (TPSA) is 18.5 Å². The highest BCUT2D eigenvalue weighted by Crippen LogP contribution is 2.28. The second kappa shape index (κ2) is 7.01. The molecule has 3 aromatic carbocycles. The van der Waals surface area contributed by atoms with Crippen LogP contribution in [0, 0.1) is 6.92 Å². The maximum Gasteiger partial charge on any atom is 0.131 e. The Kier molecular flexibility index (Phi) is 4.62. The van der Waals surface area contributed by atoms with Gasteiger partial charge in [-0.05, 0) is 43.7 Å². The van der Waals surface area contributed by atoms with Gasteiger partial charge < -0.3 is 9.47 Å². The van der Waals surface area contributed by atoms with Crippen molar-refractivity contribution in [3.63, 3.8) is 0 Å². The molecule has 0 unspecified atom stereocenters. The minimum atomic E-state index is -0.00850. The van der Waals surface area contributed by atoms with E-state index in [2.05, 4.69) is 19.1 Å². The molecule has 2 heteroatoms. The Balaban J connectivity index is 1.71. The van der Waals surface area contributed by atoms with E-state index in [1.165, 1.54) is 5.56 Å². The Morgan fingerprint density at radius 1 is 0.696 bits per heavy atom. The molecule has 0 bridgehead atoms. The predicted molar refractivity (Wildman–Crippen MR) is 93.2 cm³/mol. The molecule has 0 aromatic heterocycles. The van der Waals surface area contributed by atoms with Gasteiger partial charge in [-0.15, -0.1) is 0 Å². The Hall–Kier alpha value is -2.74. The summed E-state index contributed by atoms with van der Waals surface area (Å²) in [7, 11) is 0. The fourth-order valence-electron chi connectivity index (χ4n) is 2.35. The second-order valence-electron chi connectivity index (χ2n) is 5.56. The lowest BCUT2D eigenvalue weighted by atomic mass is 10.1. The number of benzene rings is 3. The van der Waals surface area contributed by atoms with Gasteiger partial charge in [-0.25, -0.2) is 0 Å². The van der Waals surface area contributed by atoms with Gasteiger partial charge in [0, 0.05) is 6.07 Å². The summed E-state index contributed by atoms with van der Waals surface area (Å²) in [5.41, 5.74) is 2.36. The molecule has 0 fully saturated rings. The lowest BCUT2D eigenvalue weighted by Crippen LogP contribution is -2.02. The fraction of sp³-hybridized carbons (Fsp3) is 0.143. The molecule has 1 atom stereocenters. The third kappa shape index (κ3) is 4.13. The lowest BCUT2D eigenvalue weighted by molar-refractivity contribution is 0.226. The molecular formula is C21H20O2. The van der Waals surface area contributed by atoms with Crippen molar-refractivity contribution in [2.75, 3.05) is 0 Å². The van der Waals surface area contributed by atoms with Crippen molar-refractivity contribution in [1.29, 1.82) is 0 Å². The highest BCUT2D eigenvalue weighted by Gasteiger charge is 2.07. The van der Waals surface area contributed by atoms with Crippen LogP contribution in [0.25, 0.3) is 0 Å². The van der Waals surface area contributed by atoms with Crippen LogP contribution < -0.4 is 9.47 Å². The molecule has 0 saturated carbocycles. The number of hydrogen-bond donors (Lipinski definition) is 0. The Morgan fingerprint density at radius 2 is 1.39 bits per heavy atom. The molecule has 0 spiro atoms. The third-order valence-electron chi connectivity index (χ3n) is 3.64. The smallest absolute Gasteiger partial charge is 0.131 e. The van der Waals surface area contributed by atoms with Crippen LogP contribution in [-0.4, -0.2) is 0 Å². The van der Waals surface area contributed by atoms with Gasteiger partial charge in [0.2, 0.25) is 0 Å². The van der Waals surface area contributed by atoms with Crippen molar-refractivity contribution in [2.45, 2.75) is 20.0 Å². The average Bonchev–Trinajstić information content (AvgIpc) is 2.58. The van der Waals surface area contributed by atoms with Gasteiger partial charge >= 0.3 is 0 Å². The summed E-state index contributed by atoms with van der Waals surface area (Å²) in [6.07, 6.45) is -0.00850. The van der Waals surface area contributed by atoms with E-state index in [1.807, 2.05) is 73.7 Å². The molecule has 0 aliphatic heterocycles. The van der Waals surface area contributed by atoms with Crippen LogP contribution in [0.2, 0.25) is 0 Å². The first-order chi connectivity index (χ1) is 11.2. The zero-order chi connectivity index (χ0) is 16.1. The van der Waals surface area contributed by atoms with Crippen LogP contribution in [0.3, 0.4) is 0 Å². The van der Waals surface area contributed by atoms with E-state index in [9.17, 15) is 0 Å². The Labute approximate surface area is 137 Å². The van der Waals surface area contributed by atoms with Crippen LogP contribution in [0.15, 0.2) is 78.9 Å². The molecule has 3 rings (SSSR count). The van der Waals surface area contributed by atoms with Crippen molar-refractivity contribution in [1.82, 2.24) is 0 Å². The number of rotatable bonds is 5. The molecular weight excluding hydrogens is 284 g/mol. The first-order valence-electron chi connectivity index (χ1n) is 7.77. The van der Waals surface area contributed by atoms with Crippen LogP contribution in [0.5, 0.6) is 17.2 Å². The van der Waals surface area contributed by atoms with Crippen molar-refractivity contribution in [3.8, 4) is 17.2 Å². The van der Waals surface area contributed by atoms with Gasteiger partial charge in [-0.2, -0.15) is 0 Å². The second-order valence-corrected chi connectivity index (χ2v) is 5.56. The zero-order valence-corrected chi connectivity index (χ0v) is 13.4. The Morgan fingerprint density at radius 3 is 2.13 bits per heavy atom. The van der Waals surface area contributed by atoms with E-state index in [-0.39, 0.29) is 6.10 Å². The van der Waals surface area contributed by atoms with E-state index < -0.39 is 0 Å². The van der Waals surface area contributed by atoms with E-state index in [0.717, 1.165) is 22.8 Å². The maximum absolute atomic E-state index is 6.02. The minimum Gasteiger partial charge on any atom is -0.486 e. The maximum atomic E-state index is 6.02. The highest BCUT2D eigenvalue weighted by molar-refractivity contribution is 5.37. The molecule has 0 radical (unpaired) electrons. The summed E-state index contributed by atoms with van der Waals surface area (Å²) < 4.78 is 11.9. The number of aryl methyl sites for hydroxylation is 1. The molecule has 0 aliphatic rings. The quantitative estimate of drug-likeness (QED) is 0.582. The molecule has 23 heavy (non-hydrogen) atoms. The molecule has 0 N–H and O–H groups in total. The third-order valence-corrected chi connectivity index (χ3v) is 3.64. The zero-order valence-electron chi connectivity index (χ0n) is 13.4. The highest BCUT2D eigenvalue weighted by atomic mass is 16.5. The average molecular weight is 304 g/mol. The molecule has 2 nitrogen and oxygen atoms in total. The van der Waals surface area contributed by atoms with Gasteiger partial charge in [-0.1, -0.05) is 54.1 Å². The van der Waals surface area contributed by atoms with Crippen LogP contribution in [-0.2, 0) is 0 Å². The Bertz CT molecular complexity index is 748. The summed E-state index contributed by atoms with van der Waals surface area (Å²) >= 11 is 0. The van der Waals surface area contributed by atoms with Gasteiger partial charge in [0.25, 0.3) is 0 Å². The van der Waals surface area contributed by atoms with Crippen LogP contribution in [0.4, 0.5) is 0 Å². The van der Waals surface area contributed by atoms with Crippen molar-refractivity contribution in [2.24, 2.45) is 0 Å². The van der Waals surface area contributed by atoms with Gasteiger partial charge in [0.05, 0.1) is 0 Å². The molecule has 0 amide bonds. The molecule has 0 aliphatic carbocycles. The normalized spacial score (nSPS) is 11.7. The lowest BCUT2D eigenvalue weighted by Gasteiger charge is -2.16. The SMILES string of the molecule is Cc1ccc(Oc2cccc(O[C@@H](C)c3ccccc3)c2)cc1. The molecule has 0 saturated heterocycles. The number of hydrogen-bond acceptors (Lipinski definition) is 2. The minimum absolute atomic E-state index is 0.00850. The summed E-state index contributed by atoms with van der Waals surface area (Å²) in [4.78, 5) is 0. The van der Waals surface area contributed by atoms with E-state index in [1.54, 1.807) is 0 Å². The molecule has 3 aromatic rings. The molecule has 116 valence electrons. The summed E-state index contributed by atoms with van der Waals surface area (Å²) in [6, 6.07) is 25.9. The van der Waals surface area contributed by atoms with E-state index in [4.69, 9.17) is 9.47 Å². The summed E-state index contributed by atoms with van der Waals surface area (Å²) in [5, 5.41) is 0. The van der Waals surface area contributed by atoms with Gasteiger partial charge in [0.1, 0.15) is 23.4 Å². The standard InChI is InChI=1S/C21H20O2/c1-16-11-13-19(14-12-16)23-21-10-6-9-20(15-21)22-17(2)18-7-4-3-5-8-18/h3-15,17H,1-2H3/t17-/m0/s1. The number of ether oxygens (including phenoxy) is 2. The van der Waals surface area contributed by atoms with Crippen molar-refractivity contribution in [3.05, 3.63) is 90.0 Å². The van der Waals surface area contributed by atoms with Crippen LogP contribution in [0.1, 0.15) is 24.2 Å². The monoisotopic (exact) mass is 304 g/mol. The first kappa shape index (κ1) is 15.2. The predicted octanol–water partition coefficient (Wildman–Crippen LogP) is 5.93. The summed E-state index contributed by atoms with van der Waals surface area (Å²) in [5.74, 6) is 2.39. The van der Waals surface area contributed by atoms with Crippen molar-refractivity contribution >= 4 is 0 Å².